The summed E-state index contributed by atoms with van der Waals surface area (Å²) in [6.07, 6.45) is 5.98. The van der Waals surface area contributed by atoms with Crippen LogP contribution < -0.4 is 10.1 Å². The van der Waals surface area contributed by atoms with Crippen LogP contribution >= 0.6 is 15.9 Å². The molecule has 1 heterocycles. The lowest BCUT2D eigenvalue weighted by Crippen LogP contribution is -2.24. The van der Waals surface area contributed by atoms with Gasteiger partial charge in [0.2, 0.25) is 0 Å². The molecule has 1 N–H and O–H groups in total. The number of hydrogen-bond donors (Lipinski definition) is 1. The van der Waals surface area contributed by atoms with Crippen LogP contribution in [0.5, 0.6) is 5.75 Å². The second-order valence-corrected chi connectivity index (χ2v) is 6.04. The second-order valence-electron chi connectivity index (χ2n) is 5.12. The minimum absolute atomic E-state index is 0.220. The maximum atomic E-state index is 5.54. The van der Waals surface area contributed by atoms with Crippen molar-refractivity contribution in [3.63, 3.8) is 0 Å². The molecule has 1 aromatic heterocycles. The minimum atomic E-state index is 0.220. The number of benzene rings is 1. The Kier molecular flexibility index (Phi) is 5.82. The predicted molar refractivity (Wildman–Crippen MR) is 88.6 cm³/mol. The first-order chi connectivity index (χ1) is 10.1. The highest BCUT2D eigenvalue weighted by Gasteiger charge is 2.17. The highest BCUT2D eigenvalue weighted by Crippen LogP contribution is 2.30. The lowest BCUT2D eigenvalue weighted by molar-refractivity contribution is 0.398. The smallest absolute Gasteiger partial charge is 0.124 e. The molecule has 0 aliphatic carbocycles. The maximum Gasteiger partial charge on any atom is 0.124 e. The summed E-state index contributed by atoms with van der Waals surface area (Å²) in [7, 11) is 3.66. The third-order valence-corrected chi connectivity index (χ3v) is 3.90. The van der Waals surface area contributed by atoms with Gasteiger partial charge in [0.1, 0.15) is 5.75 Å². The fourth-order valence-electron chi connectivity index (χ4n) is 2.40. The zero-order valence-electron chi connectivity index (χ0n) is 12.8. The van der Waals surface area contributed by atoms with Crippen LogP contribution in [0.1, 0.15) is 30.5 Å². The average Bonchev–Trinajstić information content (AvgIpc) is 2.88. The molecule has 1 unspecified atom stereocenters. The molecular formula is C16H22BrN3O. The van der Waals surface area contributed by atoms with E-state index in [1.54, 1.807) is 7.11 Å². The van der Waals surface area contributed by atoms with Gasteiger partial charge in [-0.05, 0) is 37.1 Å². The summed E-state index contributed by atoms with van der Waals surface area (Å²) in [4.78, 5) is 0. The van der Waals surface area contributed by atoms with E-state index in [1.165, 1.54) is 11.1 Å². The number of aryl methyl sites for hydroxylation is 1. The molecule has 0 radical (unpaired) electrons. The Morgan fingerprint density at radius 1 is 1.43 bits per heavy atom. The van der Waals surface area contributed by atoms with Crippen molar-refractivity contribution >= 4 is 15.9 Å². The number of halogens is 1. The molecule has 4 nitrogen and oxygen atoms in total. The number of methoxy groups -OCH3 is 1. The largest absolute Gasteiger partial charge is 0.496 e. The summed E-state index contributed by atoms with van der Waals surface area (Å²) in [5.41, 5.74) is 2.40. The molecular weight excluding hydrogens is 330 g/mol. The fourth-order valence-corrected chi connectivity index (χ4v) is 2.74. The normalized spacial score (nSPS) is 12.4. The Labute approximate surface area is 134 Å². The van der Waals surface area contributed by atoms with Crippen LogP contribution in [0.3, 0.4) is 0 Å². The first-order valence-corrected chi connectivity index (χ1v) is 7.97. The second kappa shape index (κ2) is 7.61. The number of hydrogen-bond acceptors (Lipinski definition) is 3. The van der Waals surface area contributed by atoms with Crippen LogP contribution in [0, 0.1) is 0 Å². The first kappa shape index (κ1) is 16.0. The number of rotatable bonds is 7. The monoisotopic (exact) mass is 351 g/mol. The van der Waals surface area contributed by atoms with Crippen molar-refractivity contribution in [3.8, 4) is 5.75 Å². The summed E-state index contributed by atoms with van der Waals surface area (Å²) < 4.78 is 8.40. The molecule has 0 fully saturated rings. The van der Waals surface area contributed by atoms with E-state index in [0.29, 0.717) is 0 Å². The van der Waals surface area contributed by atoms with Crippen molar-refractivity contribution in [3.05, 3.63) is 46.2 Å². The van der Waals surface area contributed by atoms with E-state index in [9.17, 15) is 0 Å². The minimum Gasteiger partial charge on any atom is -0.496 e. The molecule has 0 saturated heterocycles. The zero-order valence-corrected chi connectivity index (χ0v) is 14.4. The molecule has 0 saturated carbocycles. The Morgan fingerprint density at radius 2 is 2.24 bits per heavy atom. The molecule has 0 aliphatic rings. The highest BCUT2D eigenvalue weighted by molar-refractivity contribution is 9.10. The fraction of sp³-hybridized carbons (Fsp3) is 0.438. The van der Waals surface area contributed by atoms with Crippen LogP contribution in [0.4, 0.5) is 0 Å². The van der Waals surface area contributed by atoms with Crippen LogP contribution in [0.25, 0.3) is 0 Å². The van der Waals surface area contributed by atoms with Crippen molar-refractivity contribution in [1.29, 1.82) is 0 Å². The zero-order chi connectivity index (χ0) is 15.2. The van der Waals surface area contributed by atoms with Crippen LogP contribution in [0.2, 0.25) is 0 Å². The molecule has 2 aromatic rings. The summed E-state index contributed by atoms with van der Waals surface area (Å²) in [6, 6.07) is 6.41. The van der Waals surface area contributed by atoms with Gasteiger partial charge in [-0.1, -0.05) is 28.9 Å². The van der Waals surface area contributed by atoms with Gasteiger partial charge >= 0.3 is 0 Å². The standard InChI is InChI=1S/C16H22BrN3O/c1-4-7-18-15(8-12-10-19-20(2)11-12)14-6-5-13(17)9-16(14)21-3/h5-6,9-11,15,18H,4,7-8H2,1-3H3. The molecule has 21 heavy (non-hydrogen) atoms. The molecule has 1 atom stereocenters. The van der Waals surface area contributed by atoms with Gasteiger partial charge in [0.15, 0.2) is 0 Å². The van der Waals surface area contributed by atoms with Gasteiger partial charge in [-0.3, -0.25) is 4.68 Å². The quantitative estimate of drug-likeness (QED) is 0.829. The van der Waals surface area contributed by atoms with Gasteiger partial charge < -0.3 is 10.1 Å². The molecule has 0 bridgehead atoms. The van der Waals surface area contributed by atoms with E-state index in [0.717, 1.165) is 29.6 Å². The molecule has 0 amide bonds. The van der Waals surface area contributed by atoms with Gasteiger partial charge in [-0.25, -0.2) is 0 Å². The lowest BCUT2D eigenvalue weighted by Gasteiger charge is -2.21. The van der Waals surface area contributed by atoms with Crippen LogP contribution in [-0.4, -0.2) is 23.4 Å². The summed E-state index contributed by atoms with van der Waals surface area (Å²) in [6.45, 7) is 3.15. The number of nitrogens with one attached hydrogen (secondary N) is 1. The van der Waals surface area contributed by atoms with Gasteiger partial charge in [0, 0.05) is 29.3 Å². The Hall–Kier alpha value is -1.33. The van der Waals surface area contributed by atoms with E-state index in [4.69, 9.17) is 4.74 Å². The van der Waals surface area contributed by atoms with Crippen LogP contribution in [-0.2, 0) is 13.5 Å². The van der Waals surface area contributed by atoms with Gasteiger partial charge in [-0.15, -0.1) is 0 Å². The van der Waals surface area contributed by atoms with Crippen molar-refractivity contribution in [2.24, 2.45) is 7.05 Å². The summed E-state index contributed by atoms with van der Waals surface area (Å²) >= 11 is 3.50. The molecule has 0 spiro atoms. The molecule has 2 rings (SSSR count). The van der Waals surface area contributed by atoms with Gasteiger partial charge in [0.25, 0.3) is 0 Å². The van der Waals surface area contributed by atoms with E-state index < -0.39 is 0 Å². The van der Waals surface area contributed by atoms with E-state index in [-0.39, 0.29) is 6.04 Å². The van der Waals surface area contributed by atoms with Gasteiger partial charge in [0.05, 0.1) is 13.3 Å². The van der Waals surface area contributed by atoms with Crippen molar-refractivity contribution in [1.82, 2.24) is 15.1 Å². The number of nitrogens with zero attached hydrogens (tertiary/aromatic N) is 2. The molecule has 114 valence electrons. The first-order valence-electron chi connectivity index (χ1n) is 7.18. The SMILES string of the molecule is CCCNC(Cc1cnn(C)c1)c1ccc(Br)cc1OC. The average molecular weight is 352 g/mol. The summed E-state index contributed by atoms with van der Waals surface area (Å²) in [5, 5.41) is 7.86. The highest BCUT2D eigenvalue weighted by atomic mass is 79.9. The van der Waals surface area contributed by atoms with Crippen LogP contribution in [0.15, 0.2) is 35.1 Å². The molecule has 0 aliphatic heterocycles. The summed E-state index contributed by atoms with van der Waals surface area (Å²) in [5.74, 6) is 0.905. The number of ether oxygens (including phenoxy) is 1. The Balaban J connectivity index is 2.26. The van der Waals surface area contributed by atoms with E-state index in [2.05, 4.69) is 51.6 Å². The van der Waals surface area contributed by atoms with Crippen molar-refractivity contribution in [2.75, 3.05) is 13.7 Å². The third-order valence-electron chi connectivity index (χ3n) is 3.41. The topological polar surface area (TPSA) is 39.1 Å². The van der Waals surface area contributed by atoms with E-state index >= 15 is 0 Å². The Morgan fingerprint density at radius 3 is 2.86 bits per heavy atom. The third kappa shape index (κ3) is 4.32. The van der Waals surface area contributed by atoms with E-state index in [1.807, 2.05) is 24.0 Å². The molecule has 1 aromatic carbocycles. The maximum absolute atomic E-state index is 5.54. The Bertz CT molecular complexity index is 583. The number of aromatic nitrogens is 2. The van der Waals surface area contributed by atoms with Crippen molar-refractivity contribution in [2.45, 2.75) is 25.8 Å². The predicted octanol–water partition coefficient (Wildman–Crippen LogP) is 3.47. The van der Waals surface area contributed by atoms with Gasteiger partial charge in [-0.2, -0.15) is 5.10 Å². The van der Waals surface area contributed by atoms with Crippen molar-refractivity contribution < 1.29 is 4.74 Å². The molecule has 5 heteroatoms. The lowest BCUT2D eigenvalue weighted by atomic mass is 9.99.